The largest absolute Gasteiger partial charge is 0.325 e. The number of amides is 1. The first kappa shape index (κ1) is 19.3. The molecular formula is C20H20ClIN2O2. The lowest BCUT2D eigenvalue weighted by Crippen LogP contribution is -2.40. The Bertz CT molecular complexity index is 787. The molecule has 2 aromatic carbocycles. The highest BCUT2D eigenvalue weighted by atomic mass is 127. The Labute approximate surface area is 172 Å². The highest BCUT2D eigenvalue weighted by Crippen LogP contribution is 2.23. The van der Waals surface area contributed by atoms with E-state index in [1.165, 1.54) is 0 Å². The van der Waals surface area contributed by atoms with E-state index in [4.69, 9.17) is 11.6 Å². The van der Waals surface area contributed by atoms with Crippen LogP contribution in [0.5, 0.6) is 0 Å². The van der Waals surface area contributed by atoms with Crippen LogP contribution in [-0.2, 0) is 4.79 Å². The van der Waals surface area contributed by atoms with Gasteiger partial charge < -0.3 is 5.32 Å². The van der Waals surface area contributed by atoms with E-state index in [9.17, 15) is 9.59 Å². The van der Waals surface area contributed by atoms with Gasteiger partial charge in [-0.15, -0.1) is 0 Å². The van der Waals surface area contributed by atoms with Crippen molar-refractivity contribution in [1.29, 1.82) is 0 Å². The van der Waals surface area contributed by atoms with E-state index in [2.05, 4.69) is 32.8 Å². The standard InChI is InChI=1S/C20H20ClIN2O2/c21-16-6-4-14(5-7-16)20(26)15-8-10-24(11-9-15)13-19(25)23-18-3-1-2-17(22)12-18/h1-7,12,15H,8-11,13H2,(H,23,25). The van der Waals surface area contributed by atoms with Gasteiger partial charge in [-0.05, 0) is 91.0 Å². The number of Topliss-reactive ketones (excluding diaryl/α,β-unsaturated/α-hetero) is 1. The molecule has 26 heavy (non-hydrogen) atoms. The number of anilines is 1. The first-order valence-corrected chi connectivity index (χ1v) is 10.0. The van der Waals surface area contributed by atoms with Crippen molar-refractivity contribution in [3.8, 4) is 0 Å². The monoisotopic (exact) mass is 482 g/mol. The van der Waals surface area contributed by atoms with Crippen molar-refractivity contribution >= 4 is 51.6 Å². The highest BCUT2D eigenvalue weighted by molar-refractivity contribution is 14.1. The maximum atomic E-state index is 12.6. The lowest BCUT2D eigenvalue weighted by Gasteiger charge is -2.30. The van der Waals surface area contributed by atoms with Crippen molar-refractivity contribution in [2.75, 3.05) is 25.0 Å². The van der Waals surface area contributed by atoms with Crippen molar-refractivity contribution in [3.05, 3.63) is 62.7 Å². The first-order chi connectivity index (χ1) is 12.5. The molecule has 0 radical (unpaired) electrons. The number of carbonyl (C=O) groups is 2. The Kier molecular flexibility index (Phi) is 6.67. The van der Waals surface area contributed by atoms with Gasteiger partial charge in [0.2, 0.25) is 5.91 Å². The Morgan fingerprint density at radius 1 is 1.12 bits per heavy atom. The number of hydrogen-bond acceptors (Lipinski definition) is 3. The molecule has 1 aliphatic rings. The van der Waals surface area contributed by atoms with Crippen LogP contribution >= 0.6 is 34.2 Å². The molecule has 0 saturated carbocycles. The molecule has 0 spiro atoms. The fourth-order valence-electron chi connectivity index (χ4n) is 3.17. The SMILES string of the molecule is O=C(CN1CCC(C(=O)c2ccc(Cl)cc2)CC1)Nc1cccc(I)c1. The molecule has 1 N–H and O–H groups in total. The van der Waals surface area contributed by atoms with Gasteiger partial charge in [0.1, 0.15) is 0 Å². The predicted octanol–water partition coefficient (Wildman–Crippen LogP) is 4.48. The van der Waals surface area contributed by atoms with Crippen LogP contribution in [0.1, 0.15) is 23.2 Å². The summed E-state index contributed by atoms with van der Waals surface area (Å²) in [6.07, 6.45) is 1.55. The van der Waals surface area contributed by atoms with Crippen LogP contribution in [-0.4, -0.2) is 36.2 Å². The van der Waals surface area contributed by atoms with Crippen molar-refractivity contribution in [3.63, 3.8) is 0 Å². The highest BCUT2D eigenvalue weighted by Gasteiger charge is 2.26. The smallest absolute Gasteiger partial charge is 0.238 e. The zero-order chi connectivity index (χ0) is 18.5. The molecule has 6 heteroatoms. The summed E-state index contributed by atoms with van der Waals surface area (Å²) in [6.45, 7) is 1.86. The second kappa shape index (κ2) is 8.97. The topological polar surface area (TPSA) is 49.4 Å². The zero-order valence-electron chi connectivity index (χ0n) is 14.3. The molecule has 1 amide bonds. The van der Waals surface area contributed by atoms with Gasteiger partial charge in [0, 0.05) is 25.8 Å². The Morgan fingerprint density at radius 2 is 1.81 bits per heavy atom. The molecule has 2 aromatic rings. The minimum Gasteiger partial charge on any atom is -0.325 e. The Balaban J connectivity index is 1.48. The first-order valence-electron chi connectivity index (χ1n) is 8.59. The van der Waals surface area contributed by atoms with Gasteiger partial charge in [-0.2, -0.15) is 0 Å². The maximum absolute atomic E-state index is 12.6. The molecule has 1 heterocycles. The number of nitrogens with zero attached hydrogens (tertiary/aromatic N) is 1. The third-order valence-corrected chi connectivity index (χ3v) is 5.49. The number of nitrogens with one attached hydrogen (secondary N) is 1. The van der Waals surface area contributed by atoms with Gasteiger partial charge in [0.25, 0.3) is 0 Å². The van der Waals surface area contributed by atoms with Gasteiger partial charge in [0.05, 0.1) is 6.54 Å². The number of halogens is 2. The molecule has 1 saturated heterocycles. The van der Waals surface area contributed by atoms with Crippen LogP contribution in [0.2, 0.25) is 5.02 Å². The van der Waals surface area contributed by atoms with Crippen LogP contribution in [0.4, 0.5) is 5.69 Å². The zero-order valence-corrected chi connectivity index (χ0v) is 17.2. The number of rotatable bonds is 5. The van der Waals surface area contributed by atoms with Crippen LogP contribution in [0.15, 0.2) is 48.5 Å². The number of benzene rings is 2. The maximum Gasteiger partial charge on any atom is 0.238 e. The molecule has 1 aliphatic heterocycles. The van der Waals surface area contributed by atoms with Gasteiger partial charge in [0.15, 0.2) is 5.78 Å². The van der Waals surface area contributed by atoms with Crippen molar-refractivity contribution in [2.45, 2.75) is 12.8 Å². The average Bonchev–Trinajstić information content (AvgIpc) is 2.62. The molecular weight excluding hydrogens is 463 g/mol. The minimum absolute atomic E-state index is 0.0190. The lowest BCUT2D eigenvalue weighted by atomic mass is 9.89. The van der Waals surface area contributed by atoms with E-state index in [0.29, 0.717) is 17.1 Å². The van der Waals surface area contributed by atoms with Gasteiger partial charge >= 0.3 is 0 Å². The summed E-state index contributed by atoms with van der Waals surface area (Å²) in [5.41, 5.74) is 1.53. The molecule has 136 valence electrons. The Hall–Kier alpha value is -1.44. The quantitative estimate of drug-likeness (QED) is 0.505. The van der Waals surface area contributed by atoms with Gasteiger partial charge in [-0.3, -0.25) is 14.5 Å². The van der Waals surface area contributed by atoms with Gasteiger partial charge in [-0.25, -0.2) is 0 Å². The molecule has 0 bridgehead atoms. The average molecular weight is 483 g/mol. The Morgan fingerprint density at radius 3 is 2.46 bits per heavy atom. The van der Waals surface area contributed by atoms with Crippen LogP contribution in [0, 0.1) is 9.49 Å². The van der Waals surface area contributed by atoms with E-state index < -0.39 is 0 Å². The summed E-state index contributed by atoms with van der Waals surface area (Å²) in [6, 6.07) is 14.8. The number of piperidine rings is 1. The van der Waals surface area contributed by atoms with E-state index in [0.717, 1.165) is 35.2 Å². The summed E-state index contributed by atoms with van der Waals surface area (Å²) in [4.78, 5) is 26.9. The fourth-order valence-corrected chi connectivity index (χ4v) is 3.84. The molecule has 3 rings (SSSR count). The summed E-state index contributed by atoms with van der Waals surface area (Å²) < 4.78 is 1.09. The summed E-state index contributed by atoms with van der Waals surface area (Å²) in [5, 5.41) is 3.57. The third kappa shape index (κ3) is 5.28. The normalized spacial score (nSPS) is 15.6. The number of carbonyl (C=O) groups excluding carboxylic acids is 2. The fraction of sp³-hybridized carbons (Fsp3) is 0.300. The third-order valence-electron chi connectivity index (χ3n) is 4.56. The molecule has 0 atom stereocenters. The van der Waals surface area contributed by atoms with E-state index >= 15 is 0 Å². The van der Waals surface area contributed by atoms with Crippen molar-refractivity contribution in [2.24, 2.45) is 5.92 Å². The molecule has 0 unspecified atom stereocenters. The van der Waals surface area contributed by atoms with Crippen LogP contribution in [0.25, 0.3) is 0 Å². The second-order valence-corrected chi connectivity index (χ2v) is 8.16. The lowest BCUT2D eigenvalue weighted by molar-refractivity contribution is -0.117. The number of likely N-dealkylation sites (tertiary alicyclic amines) is 1. The second-order valence-electron chi connectivity index (χ2n) is 6.48. The summed E-state index contributed by atoms with van der Waals surface area (Å²) in [5.74, 6) is 0.172. The minimum atomic E-state index is -0.0190. The van der Waals surface area contributed by atoms with E-state index in [1.807, 2.05) is 24.3 Å². The molecule has 0 aliphatic carbocycles. The van der Waals surface area contributed by atoms with Crippen molar-refractivity contribution in [1.82, 2.24) is 4.90 Å². The van der Waals surface area contributed by atoms with Crippen LogP contribution < -0.4 is 5.32 Å². The predicted molar refractivity (Wildman–Crippen MR) is 113 cm³/mol. The van der Waals surface area contributed by atoms with Crippen LogP contribution in [0.3, 0.4) is 0 Å². The van der Waals surface area contributed by atoms with E-state index in [-0.39, 0.29) is 17.6 Å². The molecule has 1 fully saturated rings. The number of ketones is 1. The summed E-state index contributed by atoms with van der Waals surface area (Å²) in [7, 11) is 0. The molecule has 0 aromatic heterocycles. The molecule has 4 nitrogen and oxygen atoms in total. The summed E-state index contributed by atoms with van der Waals surface area (Å²) >= 11 is 8.10. The van der Waals surface area contributed by atoms with Gasteiger partial charge in [-0.1, -0.05) is 17.7 Å². The van der Waals surface area contributed by atoms with E-state index in [1.54, 1.807) is 24.3 Å². The number of hydrogen-bond donors (Lipinski definition) is 1. The van der Waals surface area contributed by atoms with Crippen molar-refractivity contribution < 1.29 is 9.59 Å².